The van der Waals surface area contributed by atoms with Crippen LogP contribution in [0.2, 0.25) is 0 Å². The highest BCUT2D eigenvalue weighted by atomic mass is 15.3. The van der Waals surface area contributed by atoms with Crippen molar-refractivity contribution in [1.82, 2.24) is 9.55 Å². The molecule has 1 aromatic heterocycles. The minimum absolute atomic E-state index is 0.684. The molecule has 2 atom stereocenters. The Morgan fingerprint density at radius 1 is 1.25 bits per heavy atom. The van der Waals surface area contributed by atoms with Crippen LogP contribution in [0.25, 0.3) is 11.0 Å². The zero-order chi connectivity index (χ0) is 10.5. The Morgan fingerprint density at radius 3 is 3.19 bits per heavy atom. The van der Waals surface area contributed by atoms with Gasteiger partial charge in [-0.2, -0.15) is 0 Å². The fourth-order valence-corrected chi connectivity index (χ4v) is 3.32. The number of anilines is 1. The van der Waals surface area contributed by atoms with Gasteiger partial charge in [0, 0.05) is 12.6 Å². The van der Waals surface area contributed by atoms with E-state index < -0.39 is 0 Å². The highest BCUT2D eigenvalue weighted by Crippen LogP contribution is 2.42. The van der Waals surface area contributed by atoms with Crippen LogP contribution in [-0.4, -0.2) is 16.1 Å². The summed E-state index contributed by atoms with van der Waals surface area (Å²) in [6.07, 6.45) is 4.05. The van der Waals surface area contributed by atoms with Crippen molar-refractivity contribution in [3.63, 3.8) is 0 Å². The standard InChI is InChI=1S/C13H15N3/c1-2-6-12-10(5-1)15-13-14-8-9-4-3-7-11(9)16(12)13/h1-2,5-6,9,11H,3-4,7-8H2,(H,14,15). The van der Waals surface area contributed by atoms with E-state index in [1.807, 2.05) is 0 Å². The second-order valence-corrected chi connectivity index (χ2v) is 4.93. The molecule has 1 aliphatic carbocycles. The van der Waals surface area contributed by atoms with E-state index in [0.29, 0.717) is 6.04 Å². The zero-order valence-electron chi connectivity index (χ0n) is 9.19. The monoisotopic (exact) mass is 213 g/mol. The summed E-state index contributed by atoms with van der Waals surface area (Å²) in [6.45, 7) is 1.11. The number of fused-ring (bicyclic) bond motifs is 5. The van der Waals surface area contributed by atoms with Gasteiger partial charge in [0.05, 0.1) is 11.0 Å². The van der Waals surface area contributed by atoms with Crippen molar-refractivity contribution >= 4 is 17.0 Å². The molecular formula is C13H15N3. The predicted molar refractivity (Wildman–Crippen MR) is 64.6 cm³/mol. The van der Waals surface area contributed by atoms with E-state index in [1.54, 1.807) is 0 Å². The Balaban J connectivity index is 1.99. The maximum atomic E-state index is 4.67. The number of para-hydroxylation sites is 2. The molecule has 0 spiro atoms. The Bertz CT molecular complexity index is 543. The topological polar surface area (TPSA) is 29.9 Å². The first-order chi connectivity index (χ1) is 7.93. The van der Waals surface area contributed by atoms with E-state index in [0.717, 1.165) is 23.9 Å². The van der Waals surface area contributed by atoms with Crippen LogP contribution < -0.4 is 5.32 Å². The number of aromatic nitrogens is 2. The second kappa shape index (κ2) is 3.00. The Kier molecular flexibility index (Phi) is 1.62. The quantitative estimate of drug-likeness (QED) is 0.729. The van der Waals surface area contributed by atoms with Gasteiger partial charge in [0.2, 0.25) is 5.95 Å². The first kappa shape index (κ1) is 8.62. The molecule has 82 valence electrons. The molecule has 1 saturated carbocycles. The summed E-state index contributed by atoms with van der Waals surface area (Å²) < 4.78 is 2.43. The highest BCUT2D eigenvalue weighted by molar-refractivity contribution is 5.79. The van der Waals surface area contributed by atoms with Crippen molar-refractivity contribution in [3.05, 3.63) is 24.3 Å². The van der Waals surface area contributed by atoms with Crippen LogP contribution in [0, 0.1) is 5.92 Å². The highest BCUT2D eigenvalue weighted by Gasteiger charge is 2.34. The van der Waals surface area contributed by atoms with Gasteiger partial charge < -0.3 is 9.88 Å². The molecule has 2 heterocycles. The summed E-state index contributed by atoms with van der Waals surface area (Å²) in [6, 6.07) is 9.15. The van der Waals surface area contributed by atoms with Gasteiger partial charge in [0.1, 0.15) is 0 Å². The SMILES string of the molecule is c1ccc2c(c1)nc1n2C2CCCC2CN1. The summed E-state index contributed by atoms with van der Waals surface area (Å²) in [5, 5.41) is 3.48. The van der Waals surface area contributed by atoms with Gasteiger partial charge in [-0.25, -0.2) is 4.98 Å². The molecule has 1 aromatic carbocycles. The molecule has 2 aromatic rings. The van der Waals surface area contributed by atoms with Crippen LogP contribution in [0.4, 0.5) is 5.95 Å². The minimum Gasteiger partial charge on any atom is -0.355 e. The predicted octanol–water partition coefficient (Wildman–Crippen LogP) is 2.80. The zero-order valence-corrected chi connectivity index (χ0v) is 9.19. The van der Waals surface area contributed by atoms with Crippen molar-refractivity contribution in [3.8, 4) is 0 Å². The number of nitrogens with one attached hydrogen (secondary N) is 1. The van der Waals surface area contributed by atoms with Gasteiger partial charge in [0.25, 0.3) is 0 Å². The number of hydrogen-bond acceptors (Lipinski definition) is 2. The summed E-state index contributed by atoms with van der Waals surface area (Å²) in [4.78, 5) is 4.67. The molecule has 0 bridgehead atoms. The molecule has 3 heteroatoms. The fourth-order valence-electron chi connectivity index (χ4n) is 3.32. The molecule has 0 saturated heterocycles. The van der Waals surface area contributed by atoms with Crippen LogP contribution in [0.1, 0.15) is 25.3 Å². The lowest BCUT2D eigenvalue weighted by molar-refractivity contribution is 0.384. The van der Waals surface area contributed by atoms with Crippen LogP contribution >= 0.6 is 0 Å². The van der Waals surface area contributed by atoms with Crippen LogP contribution in [0.3, 0.4) is 0 Å². The number of imidazole rings is 1. The molecule has 1 aliphatic heterocycles. The lowest BCUT2D eigenvalue weighted by Crippen LogP contribution is -2.28. The van der Waals surface area contributed by atoms with Crippen molar-refractivity contribution < 1.29 is 0 Å². The van der Waals surface area contributed by atoms with Gasteiger partial charge in [0.15, 0.2) is 0 Å². The molecule has 4 rings (SSSR count). The number of hydrogen-bond donors (Lipinski definition) is 1. The van der Waals surface area contributed by atoms with E-state index >= 15 is 0 Å². The molecule has 0 radical (unpaired) electrons. The van der Waals surface area contributed by atoms with Gasteiger partial charge in [-0.1, -0.05) is 18.6 Å². The average molecular weight is 213 g/mol. The van der Waals surface area contributed by atoms with Gasteiger partial charge in [-0.3, -0.25) is 0 Å². The Labute approximate surface area is 94.5 Å². The van der Waals surface area contributed by atoms with E-state index in [4.69, 9.17) is 0 Å². The van der Waals surface area contributed by atoms with Crippen molar-refractivity contribution in [2.75, 3.05) is 11.9 Å². The average Bonchev–Trinajstić information content (AvgIpc) is 2.91. The molecule has 1 fully saturated rings. The van der Waals surface area contributed by atoms with E-state index in [9.17, 15) is 0 Å². The number of rotatable bonds is 0. The first-order valence-corrected chi connectivity index (χ1v) is 6.14. The third-order valence-electron chi connectivity index (χ3n) is 4.07. The maximum Gasteiger partial charge on any atom is 0.204 e. The molecule has 16 heavy (non-hydrogen) atoms. The molecule has 2 unspecified atom stereocenters. The van der Waals surface area contributed by atoms with E-state index in [2.05, 4.69) is 39.1 Å². The van der Waals surface area contributed by atoms with Crippen molar-refractivity contribution in [2.24, 2.45) is 5.92 Å². The van der Waals surface area contributed by atoms with Gasteiger partial charge in [-0.05, 0) is 30.9 Å². The third kappa shape index (κ3) is 1.01. The van der Waals surface area contributed by atoms with Crippen LogP contribution in [0.5, 0.6) is 0 Å². The smallest absolute Gasteiger partial charge is 0.204 e. The van der Waals surface area contributed by atoms with Crippen molar-refractivity contribution in [1.29, 1.82) is 0 Å². The van der Waals surface area contributed by atoms with Gasteiger partial charge in [-0.15, -0.1) is 0 Å². The van der Waals surface area contributed by atoms with Crippen molar-refractivity contribution in [2.45, 2.75) is 25.3 Å². The minimum atomic E-state index is 0.684. The summed E-state index contributed by atoms with van der Waals surface area (Å²) in [5.74, 6) is 1.88. The molecule has 3 nitrogen and oxygen atoms in total. The number of benzene rings is 1. The molecule has 2 aliphatic rings. The lowest BCUT2D eigenvalue weighted by Gasteiger charge is -2.29. The summed E-state index contributed by atoms with van der Waals surface area (Å²) >= 11 is 0. The van der Waals surface area contributed by atoms with Crippen LogP contribution in [-0.2, 0) is 0 Å². The first-order valence-electron chi connectivity index (χ1n) is 6.14. The lowest BCUT2D eigenvalue weighted by atomic mass is 10.0. The van der Waals surface area contributed by atoms with Gasteiger partial charge >= 0.3 is 0 Å². The number of nitrogens with zero attached hydrogens (tertiary/aromatic N) is 2. The fraction of sp³-hybridized carbons (Fsp3) is 0.462. The van der Waals surface area contributed by atoms with E-state index in [1.165, 1.54) is 24.8 Å². The largest absolute Gasteiger partial charge is 0.355 e. The molecule has 0 amide bonds. The summed E-state index contributed by atoms with van der Waals surface area (Å²) in [5.41, 5.74) is 2.42. The second-order valence-electron chi connectivity index (χ2n) is 4.93. The Morgan fingerprint density at radius 2 is 2.19 bits per heavy atom. The molecular weight excluding hydrogens is 198 g/mol. The van der Waals surface area contributed by atoms with Crippen LogP contribution in [0.15, 0.2) is 24.3 Å². The Hall–Kier alpha value is -1.51. The normalized spacial score (nSPS) is 27.5. The summed E-state index contributed by atoms with van der Waals surface area (Å²) in [7, 11) is 0. The van der Waals surface area contributed by atoms with E-state index in [-0.39, 0.29) is 0 Å². The third-order valence-corrected chi connectivity index (χ3v) is 4.07. The molecule has 1 N–H and O–H groups in total. The maximum absolute atomic E-state index is 4.67.